The van der Waals surface area contributed by atoms with Crippen LogP contribution in [0.1, 0.15) is 10.4 Å². The third kappa shape index (κ3) is 3.84. The summed E-state index contributed by atoms with van der Waals surface area (Å²) in [6, 6.07) is 8.69. The van der Waals surface area contributed by atoms with E-state index in [-0.39, 0.29) is 10.9 Å². The molecule has 0 fully saturated rings. The van der Waals surface area contributed by atoms with Gasteiger partial charge in [0.1, 0.15) is 0 Å². The van der Waals surface area contributed by atoms with Crippen molar-refractivity contribution < 1.29 is 10.0 Å². The van der Waals surface area contributed by atoms with Crippen molar-refractivity contribution >= 4 is 29.3 Å². The number of hydroxylamine groups is 1. The van der Waals surface area contributed by atoms with Crippen molar-refractivity contribution in [2.75, 3.05) is 0 Å². The number of Topliss-reactive ketones (excluding diaryl/α,β-unsaturated/α-hetero) is 1. The van der Waals surface area contributed by atoms with Crippen LogP contribution in [0.3, 0.4) is 0 Å². The van der Waals surface area contributed by atoms with Crippen molar-refractivity contribution in [3.63, 3.8) is 0 Å². The second kappa shape index (κ2) is 5.84. The summed E-state index contributed by atoms with van der Waals surface area (Å²) in [5, 5.41) is 11.8. The van der Waals surface area contributed by atoms with Crippen molar-refractivity contribution in [2.24, 2.45) is 5.10 Å². The van der Waals surface area contributed by atoms with Gasteiger partial charge in [-0.25, -0.2) is 5.48 Å². The Morgan fingerprint density at radius 2 is 2.07 bits per heavy atom. The van der Waals surface area contributed by atoms with Crippen LogP contribution >= 0.6 is 12.2 Å². The highest BCUT2D eigenvalue weighted by Gasteiger charge is 1.99. The minimum Gasteiger partial charge on any atom is -0.289 e. The van der Waals surface area contributed by atoms with E-state index in [0.29, 0.717) is 5.56 Å². The fourth-order valence-corrected chi connectivity index (χ4v) is 0.904. The van der Waals surface area contributed by atoms with Gasteiger partial charge in [0.05, 0.1) is 6.21 Å². The molecule has 0 aliphatic rings. The van der Waals surface area contributed by atoms with Crippen molar-refractivity contribution in [3.05, 3.63) is 35.9 Å². The number of benzene rings is 1. The molecule has 0 aliphatic heterocycles. The van der Waals surface area contributed by atoms with Crippen LogP contribution in [-0.2, 0) is 0 Å². The number of rotatable bonds is 3. The topological polar surface area (TPSA) is 73.7 Å². The van der Waals surface area contributed by atoms with E-state index < -0.39 is 0 Å². The molecule has 6 heteroatoms. The summed E-state index contributed by atoms with van der Waals surface area (Å²) in [6.45, 7) is 0. The lowest BCUT2D eigenvalue weighted by atomic mass is 10.1. The van der Waals surface area contributed by atoms with Gasteiger partial charge in [-0.15, -0.1) is 0 Å². The van der Waals surface area contributed by atoms with Gasteiger partial charge >= 0.3 is 0 Å². The molecule has 1 rings (SSSR count). The van der Waals surface area contributed by atoms with Crippen molar-refractivity contribution in [3.8, 4) is 0 Å². The second-order valence-corrected chi connectivity index (χ2v) is 2.95. The average Bonchev–Trinajstić information content (AvgIpc) is 2.29. The molecule has 0 unspecified atom stereocenters. The van der Waals surface area contributed by atoms with E-state index in [2.05, 4.69) is 22.7 Å². The lowest BCUT2D eigenvalue weighted by molar-refractivity contribution is 0.107. The van der Waals surface area contributed by atoms with Gasteiger partial charge in [0.15, 0.2) is 0 Å². The fourth-order valence-electron chi connectivity index (χ4n) is 0.851. The Balaban J connectivity index is 2.53. The first kappa shape index (κ1) is 11.3. The first-order valence-electron chi connectivity index (χ1n) is 4.06. The highest BCUT2D eigenvalue weighted by atomic mass is 32.1. The number of thiocarbonyl (C=S) groups is 1. The average molecular weight is 223 g/mol. The second-order valence-electron chi connectivity index (χ2n) is 2.54. The van der Waals surface area contributed by atoms with Crippen LogP contribution in [0.25, 0.3) is 0 Å². The zero-order valence-electron chi connectivity index (χ0n) is 7.68. The number of hydrazone groups is 1. The van der Waals surface area contributed by atoms with Gasteiger partial charge in [0.25, 0.3) is 0 Å². The molecule has 0 radical (unpaired) electrons. The van der Waals surface area contributed by atoms with Crippen LogP contribution in [0.15, 0.2) is 35.4 Å². The van der Waals surface area contributed by atoms with Crippen LogP contribution in [0.2, 0.25) is 0 Å². The van der Waals surface area contributed by atoms with Gasteiger partial charge < -0.3 is 0 Å². The zero-order chi connectivity index (χ0) is 11.1. The molecule has 3 N–H and O–H groups in total. The smallest absolute Gasteiger partial charge is 0.211 e. The molecule has 0 amide bonds. The summed E-state index contributed by atoms with van der Waals surface area (Å²) in [4.78, 5) is 11.4. The summed E-state index contributed by atoms with van der Waals surface area (Å²) in [7, 11) is 0. The molecule has 1 aromatic carbocycles. The Morgan fingerprint density at radius 1 is 1.40 bits per heavy atom. The molecule has 0 aliphatic carbocycles. The maximum Gasteiger partial charge on any atom is 0.211 e. The molecule has 0 atom stereocenters. The summed E-state index contributed by atoms with van der Waals surface area (Å²) >= 11 is 4.53. The summed E-state index contributed by atoms with van der Waals surface area (Å²) in [6.07, 6.45) is 1.08. The van der Waals surface area contributed by atoms with E-state index in [4.69, 9.17) is 5.21 Å². The summed E-state index contributed by atoms with van der Waals surface area (Å²) in [5.74, 6) is -0.246. The predicted octanol–water partition coefficient (Wildman–Crippen LogP) is 0.708. The monoisotopic (exact) mass is 223 g/mol. The van der Waals surface area contributed by atoms with Crippen LogP contribution < -0.4 is 10.9 Å². The number of hydrogen-bond acceptors (Lipinski definition) is 4. The van der Waals surface area contributed by atoms with E-state index in [1.165, 1.54) is 0 Å². The van der Waals surface area contributed by atoms with Gasteiger partial charge in [0.2, 0.25) is 10.9 Å². The SMILES string of the molecule is O=C(/C=N/NC(=S)NO)c1ccccc1. The van der Waals surface area contributed by atoms with Crippen molar-refractivity contribution in [1.82, 2.24) is 10.9 Å². The van der Waals surface area contributed by atoms with Crippen LogP contribution in [0.4, 0.5) is 0 Å². The third-order valence-corrected chi connectivity index (χ3v) is 1.69. The summed E-state index contributed by atoms with van der Waals surface area (Å²) in [5.41, 5.74) is 4.46. The van der Waals surface area contributed by atoms with E-state index in [0.717, 1.165) is 6.21 Å². The quantitative estimate of drug-likeness (QED) is 0.304. The Labute approximate surface area is 91.8 Å². The molecule has 0 saturated heterocycles. The lowest BCUT2D eigenvalue weighted by Gasteiger charge is -1.98. The molecular formula is C9H9N3O2S. The van der Waals surface area contributed by atoms with Gasteiger partial charge in [-0.05, 0) is 12.2 Å². The molecule has 0 saturated carbocycles. The van der Waals surface area contributed by atoms with E-state index in [9.17, 15) is 4.79 Å². The number of ketones is 1. The standard InChI is InChI=1S/C9H9N3O2S/c13-8(6-10-11-9(15)12-14)7-4-2-1-3-5-7/h1-6,14H,(H2,11,12,15)/b10-6+. The van der Waals surface area contributed by atoms with Crippen LogP contribution in [0.5, 0.6) is 0 Å². The van der Waals surface area contributed by atoms with Gasteiger partial charge in [-0.3, -0.25) is 15.4 Å². The number of nitrogens with one attached hydrogen (secondary N) is 2. The molecule has 0 bridgehead atoms. The van der Waals surface area contributed by atoms with Gasteiger partial charge in [-0.2, -0.15) is 5.10 Å². The highest BCUT2D eigenvalue weighted by Crippen LogP contribution is 1.97. The molecule has 0 spiro atoms. The lowest BCUT2D eigenvalue weighted by Crippen LogP contribution is -2.29. The molecular weight excluding hydrogens is 214 g/mol. The fraction of sp³-hybridized carbons (Fsp3) is 0. The maximum absolute atomic E-state index is 11.4. The first-order valence-corrected chi connectivity index (χ1v) is 4.47. The van der Waals surface area contributed by atoms with E-state index >= 15 is 0 Å². The third-order valence-electron chi connectivity index (χ3n) is 1.51. The molecule has 0 heterocycles. The number of nitrogens with zero attached hydrogens (tertiary/aromatic N) is 1. The number of hydrogen-bond donors (Lipinski definition) is 3. The van der Waals surface area contributed by atoms with Crippen LogP contribution in [0, 0.1) is 0 Å². The van der Waals surface area contributed by atoms with Crippen molar-refractivity contribution in [2.45, 2.75) is 0 Å². The summed E-state index contributed by atoms with van der Waals surface area (Å²) < 4.78 is 0. The Bertz CT molecular complexity index is 378. The number of carbonyl (C=O) groups excluding carboxylic acids is 1. The molecule has 5 nitrogen and oxygen atoms in total. The van der Waals surface area contributed by atoms with Crippen molar-refractivity contribution in [1.29, 1.82) is 0 Å². The van der Waals surface area contributed by atoms with Crippen LogP contribution in [-0.4, -0.2) is 22.3 Å². The minimum atomic E-state index is -0.246. The van der Waals surface area contributed by atoms with Gasteiger partial charge in [0, 0.05) is 5.56 Å². The molecule has 15 heavy (non-hydrogen) atoms. The molecule has 0 aromatic heterocycles. The van der Waals surface area contributed by atoms with Gasteiger partial charge in [-0.1, -0.05) is 30.3 Å². The van der Waals surface area contributed by atoms with E-state index in [1.807, 2.05) is 6.07 Å². The largest absolute Gasteiger partial charge is 0.289 e. The van der Waals surface area contributed by atoms with E-state index in [1.54, 1.807) is 29.7 Å². The Kier molecular flexibility index (Phi) is 4.39. The maximum atomic E-state index is 11.4. The molecule has 78 valence electrons. The zero-order valence-corrected chi connectivity index (χ0v) is 8.49. The normalized spacial score (nSPS) is 9.93. The Hall–Kier alpha value is -1.79. The highest BCUT2D eigenvalue weighted by molar-refractivity contribution is 7.80. The first-order chi connectivity index (χ1) is 7.24. The molecule has 1 aromatic rings. The Morgan fingerprint density at radius 3 is 2.67 bits per heavy atom. The number of carbonyl (C=O) groups is 1. The predicted molar refractivity (Wildman–Crippen MR) is 59.9 cm³/mol. The minimum absolute atomic E-state index is 0.0767.